The van der Waals surface area contributed by atoms with Crippen molar-refractivity contribution >= 4 is 17.5 Å². The van der Waals surface area contributed by atoms with Crippen LogP contribution in [-0.4, -0.2) is 47.9 Å². The van der Waals surface area contributed by atoms with Gasteiger partial charge in [-0.3, -0.25) is 14.6 Å². The molecule has 1 aliphatic heterocycles. The SMILES string of the molecule is Cc1ccc(-n2nc(C(C)(C)C)cc2NC(=O)N[C@H]2CC[C@@H](Oc3ccc4nnc(C5CCCN5C(C)C)n4c3)c3ccccc32)cc1. The van der Waals surface area contributed by atoms with Crippen LogP contribution in [0.25, 0.3) is 11.3 Å². The maximum Gasteiger partial charge on any atom is 0.320 e. The highest BCUT2D eigenvalue weighted by atomic mass is 16.5. The Hall–Kier alpha value is -4.70. The fraction of sp³-hybridized carbons (Fsp3) is 0.421. The summed E-state index contributed by atoms with van der Waals surface area (Å²) in [5, 5.41) is 20.3. The third-order valence-electron chi connectivity index (χ3n) is 9.67. The van der Waals surface area contributed by atoms with Gasteiger partial charge in [-0.25, -0.2) is 9.48 Å². The average molecular weight is 647 g/mol. The van der Waals surface area contributed by atoms with E-state index in [9.17, 15) is 4.79 Å². The van der Waals surface area contributed by atoms with Crippen LogP contribution in [0.15, 0.2) is 72.9 Å². The molecule has 0 spiro atoms. The van der Waals surface area contributed by atoms with Gasteiger partial charge in [0.15, 0.2) is 11.5 Å². The van der Waals surface area contributed by atoms with E-state index < -0.39 is 0 Å². The number of likely N-dealkylation sites (tertiary alicyclic amines) is 1. The number of fused-ring (bicyclic) bond motifs is 2. The number of carbonyl (C=O) groups excluding carboxylic acids is 1. The molecule has 1 saturated heterocycles. The zero-order valence-corrected chi connectivity index (χ0v) is 28.8. The minimum absolute atomic E-state index is 0.143. The van der Waals surface area contributed by atoms with Gasteiger partial charge in [0.2, 0.25) is 0 Å². The minimum atomic E-state index is -0.268. The number of aryl methyl sites for hydroxylation is 1. The van der Waals surface area contributed by atoms with Crippen molar-refractivity contribution in [2.24, 2.45) is 0 Å². The van der Waals surface area contributed by atoms with Crippen molar-refractivity contribution in [2.75, 3.05) is 11.9 Å². The third-order valence-corrected chi connectivity index (χ3v) is 9.67. The van der Waals surface area contributed by atoms with Gasteiger partial charge >= 0.3 is 6.03 Å². The summed E-state index contributed by atoms with van der Waals surface area (Å²) in [6.07, 6.45) is 5.63. The Balaban J connectivity index is 1.09. The molecule has 250 valence electrons. The minimum Gasteiger partial charge on any atom is -0.484 e. The Kier molecular flexibility index (Phi) is 8.45. The first-order chi connectivity index (χ1) is 23.0. The Bertz CT molecular complexity index is 1920. The zero-order chi connectivity index (χ0) is 33.6. The maximum atomic E-state index is 13.6. The van der Waals surface area contributed by atoms with Crippen molar-refractivity contribution in [1.82, 2.24) is 34.6 Å². The molecule has 10 heteroatoms. The summed E-state index contributed by atoms with van der Waals surface area (Å²) in [4.78, 5) is 16.1. The van der Waals surface area contributed by atoms with E-state index in [1.165, 1.54) is 5.56 Å². The molecule has 0 saturated carbocycles. The smallest absolute Gasteiger partial charge is 0.320 e. The van der Waals surface area contributed by atoms with E-state index in [1.54, 1.807) is 0 Å². The van der Waals surface area contributed by atoms with E-state index in [-0.39, 0.29) is 29.6 Å². The number of nitrogens with one attached hydrogen (secondary N) is 2. The van der Waals surface area contributed by atoms with Crippen molar-refractivity contribution in [3.05, 3.63) is 101 Å². The summed E-state index contributed by atoms with van der Waals surface area (Å²) in [5.41, 5.74) is 5.76. The molecule has 2 amide bonds. The van der Waals surface area contributed by atoms with E-state index in [0.29, 0.717) is 11.9 Å². The van der Waals surface area contributed by atoms with E-state index in [1.807, 2.05) is 65.5 Å². The normalized spacial score (nSPS) is 19.9. The van der Waals surface area contributed by atoms with Crippen LogP contribution in [0.3, 0.4) is 0 Å². The van der Waals surface area contributed by atoms with Crippen LogP contribution >= 0.6 is 0 Å². The average Bonchev–Trinajstić information content (AvgIpc) is 3.81. The number of rotatable bonds is 7. The highest BCUT2D eigenvalue weighted by Gasteiger charge is 2.33. The summed E-state index contributed by atoms with van der Waals surface area (Å²) < 4.78 is 10.6. The zero-order valence-electron chi connectivity index (χ0n) is 28.8. The predicted molar refractivity (Wildman–Crippen MR) is 188 cm³/mol. The largest absolute Gasteiger partial charge is 0.484 e. The van der Waals surface area contributed by atoms with Crippen molar-refractivity contribution in [3.63, 3.8) is 0 Å². The first-order valence-corrected chi connectivity index (χ1v) is 17.2. The van der Waals surface area contributed by atoms with Gasteiger partial charge in [-0.1, -0.05) is 62.7 Å². The van der Waals surface area contributed by atoms with E-state index in [4.69, 9.17) is 9.84 Å². The maximum absolute atomic E-state index is 13.6. The lowest BCUT2D eigenvalue weighted by Crippen LogP contribution is -2.36. The highest BCUT2D eigenvalue weighted by Crippen LogP contribution is 2.39. The molecule has 7 rings (SSSR count). The van der Waals surface area contributed by atoms with Crippen molar-refractivity contribution < 1.29 is 9.53 Å². The molecule has 4 heterocycles. The van der Waals surface area contributed by atoms with Gasteiger partial charge < -0.3 is 10.1 Å². The molecule has 1 unspecified atom stereocenters. The standard InChI is InChI=1S/C38H46N8O2/c1-24(2)44-21-9-12-31(44)36-42-41-34-20-17-27(23-45(34)36)48-32-19-18-30(28-10-7-8-11-29(28)32)39-37(47)40-35-22-33(38(4,5)6)43-46(35)26-15-13-25(3)14-16-26/h7-8,10-11,13-17,20,22-24,30-32H,9,12,18-19,21H2,1-6H3,(H2,39,40,47)/t30-,31?,32+/m0/s1. The van der Waals surface area contributed by atoms with Gasteiger partial charge in [0.05, 0.1) is 29.7 Å². The number of pyridine rings is 1. The molecule has 1 fully saturated rings. The molecule has 1 aliphatic carbocycles. The summed E-state index contributed by atoms with van der Waals surface area (Å²) in [6.45, 7) is 14.0. The molecule has 2 N–H and O–H groups in total. The molecule has 2 aliphatic rings. The molecule has 3 aromatic heterocycles. The molecular weight excluding hydrogens is 600 g/mol. The second-order valence-corrected chi connectivity index (χ2v) is 14.5. The number of urea groups is 1. The van der Waals surface area contributed by atoms with Gasteiger partial charge in [0.25, 0.3) is 0 Å². The number of hydrogen-bond acceptors (Lipinski definition) is 6. The number of aromatic nitrogens is 5. The van der Waals surface area contributed by atoms with Gasteiger partial charge in [-0.2, -0.15) is 5.10 Å². The summed E-state index contributed by atoms with van der Waals surface area (Å²) >= 11 is 0. The topological polar surface area (TPSA) is 102 Å². The Morgan fingerprint density at radius 2 is 1.73 bits per heavy atom. The fourth-order valence-electron chi connectivity index (χ4n) is 7.09. The van der Waals surface area contributed by atoms with Crippen molar-refractivity contribution in [2.45, 2.75) is 96.9 Å². The summed E-state index contributed by atoms with van der Waals surface area (Å²) in [5.74, 6) is 2.38. The molecule has 3 atom stereocenters. The van der Waals surface area contributed by atoms with Crippen molar-refractivity contribution in [1.29, 1.82) is 0 Å². The number of amides is 2. The van der Waals surface area contributed by atoms with E-state index in [0.717, 1.165) is 72.0 Å². The molecule has 48 heavy (non-hydrogen) atoms. The molecule has 2 aromatic carbocycles. The number of ether oxygens (including phenoxy) is 1. The van der Waals surface area contributed by atoms with Gasteiger partial charge in [0.1, 0.15) is 17.7 Å². The monoisotopic (exact) mass is 646 g/mol. The van der Waals surface area contributed by atoms with Crippen LogP contribution in [0.4, 0.5) is 10.6 Å². The van der Waals surface area contributed by atoms with Crippen LogP contribution in [0.5, 0.6) is 5.75 Å². The Labute approximate surface area is 282 Å². The predicted octanol–water partition coefficient (Wildman–Crippen LogP) is 7.84. The van der Waals surface area contributed by atoms with Crippen LogP contribution < -0.4 is 15.4 Å². The van der Waals surface area contributed by atoms with Crippen LogP contribution in [-0.2, 0) is 5.41 Å². The van der Waals surface area contributed by atoms with Gasteiger partial charge in [0, 0.05) is 17.5 Å². The van der Waals surface area contributed by atoms with Crippen LogP contribution in [0.2, 0.25) is 0 Å². The summed E-state index contributed by atoms with van der Waals surface area (Å²) in [7, 11) is 0. The lowest BCUT2D eigenvalue weighted by Gasteiger charge is -2.32. The number of benzene rings is 2. The second kappa shape index (κ2) is 12.7. The molecule has 10 nitrogen and oxygen atoms in total. The van der Waals surface area contributed by atoms with E-state index >= 15 is 0 Å². The molecule has 0 radical (unpaired) electrons. The quantitative estimate of drug-likeness (QED) is 0.187. The van der Waals surface area contributed by atoms with Gasteiger partial charge in [-0.05, 0) is 88.4 Å². The Morgan fingerprint density at radius 3 is 2.48 bits per heavy atom. The second-order valence-electron chi connectivity index (χ2n) is 14.5. The highest BCUT2D eigenvalue weighted by molar-refractivity contribution is 5.89. The van der Waals surface area contributed by atoms with E-state index in [2.05, 4.69) is 83.8 Å². The molecular formula is C38H46N8O2. The van der Waals surface area contributed by atoms with Gasteiger partial charge in [-0.15, -0.1) is 10.2 Å². The molecule has 0 bridgehead atoms. The van der Waals surface area contributed by atoms with Crippen molar-refractivity contribution in [3.8, 4) is 11.4 Å². The summed E-state index contributed by atoms with van der Waals surface area (Å²) in [6, 6.07) is 22.6. The lowest BCUT2D eigenvalue weighted by atomic mass is 9.85. The third kappa shape index (κ3) is 6.29. The number of nitrogens with zero attached hydrogens (tertiary/aromatic N) is 6. The fourth-order valence-corrected chi connectivity index (χ4v) is 7.09. The first-order valence-electron chi connectivity index (χ1n) is 17.2. The first kappa shape index (κ1) is 31.9. The lowest BCUT2D eigenvalue weighted by molar-refractivity contribution is 0.171. The molecule has 5 aromatic rings. The van der Waals surface area contributed by atoms with Crippen LogP contribution in [0, 0.1) is 6.92 Å². The number of anilines is 1. The number of hydrogen-bond donors (Lipinski definition) is 2. The number of carbonyl (C=O) groups is 1. The van der Waals surface area contributed by atoms with Crippen LogP contribution in [0.1, 0.15) is 107 Å². The Morgan fingerprint density at radius 1 is 0.958 bits per heavy atom.